The molecule has 0 saturated heterocycles. The lowest BCUT2D eigenvalue weighted by atomic mass is 9.42. The highest BCUT2D eigenvalue weighted by molar-refractivity contribution is 5.83. The summed E-state index contributed by atoms with van der Waals surface area (Å²) >= 11 is 0. The van der Waals surface area contributed by atoms with Crippen LogP contribution in [0.5, 0.6) is 0 Å². The van der Waals surface area contributed by atoms with Crippen molar-refractivity contribution in [2.75, 3.05) is 6.54 Å². The monoisotopic (exact) mass is 309 g/mol. The average Bonchev–Trinajstić information content (AvgIpc) is 2.51. The molecule has 0 spiro atoms. The van der Waals surface area contributed by atoms with Gasteiger partial charge in [0.15, 0.2) is 0 Å². The summed E-state index contributed by atoms with van der Waals surface area (Å²) in [6.45, 7) is 6.47. The Labute approximate surface area is 139 Å². The second kappa shape index (κ2) is 5.22. The van der Waals surface area contributed by atoms with Gasteiger partial charge in [-0.2, -0.15) is 0 Å². The van der Waals surface area contributed by atoms with Crippen molar-refractivity contribution in [3.05, 3.63) is 48.0 Å². The smallest absolute Gasteiger partial charge is 0.226 e. The second-order valence-electron chi connectivity index (χ2n) is 8.39. The van der Waals surface area contributed by atoms with Gasteiger partial charge in [-0.3, -0.25) is 4.79 Å². The third-order valence-electron chi connectivity index (χ3n) is 6.61. The molecule has 4 fully saturated rings. The molecule has 4 bridgehead atoms. The summed E-state index contributed by atoms with van der Waals surface area (Å²) in [6.07, 6.45) is 8.92. The van der Waals surface area contributed by atoms with Gasteiger partial charge in [-0.25, -0.2) is 0 Å². The highest BCUT2D eigenvalue weighted by atomic mass is 16.2. The van der Waals surface area contributed by atoms with Crippen molar-refractivity contribution in [3.8, 4) is 0 Å². The van der Waals surface area contributed by atoms with Crippen LogP contribution in [0.4, 0.5) is 0 Å². The average molecular weight is 309 g/mol. The number of rotatable bonds is 4. The predicted molar refractivity (Wildman–Crippen MR) is 93.2 cm³/mol. The van der Waals surface area contributed by atoms with Crippen molar-refractivity contribution in [2.24, 2.45) is 17.3 Å². The molecule has 1 aromatic carbocycles. The number of hydrogen-bond acceptors (Lipinski definition) is 1. The molecule has 2 atom stereocenters. The van der Waals surface area contributed by atoms with Crippen molar-refractivity contribution < 1.29 is 4.79 Å². The summed E-state index contributed by atoms with van der Waals surface area (Å²) in [5.74, 6) is 1.74. The lowest BCUT2D eigenvalue weighted by Crippen LogP contribution is -2.59. The Balaban J connectivity index is 1.69. The molecule has 0 aliphatic heterocycles. The SMILES string of the molecule is C=CCNC(=O)C12C[C@H]3C[C@H](C1)CC(c1ccc(C)cc1)(C3)C2. The fourth-order valence-corrected chi connectivity index (χ4v) is 6.13. The molecule has 1 aromatic rings. The fourth-order valence-electron chi connectivity index (χ4n) is 6.13. The first kappa shape index (κ1) is 15.0. The van der Waals surface area contributed by atoms with E-state index in [1.165, 1.54) is 30.4 Å². The normalized spacial score (nSPS) is 37.6. The number of amides is 1. The largest absolute Gasteiger partial charge is 0.352 e. The summed E-state index contributed by atoms with van der Waals surface area (Å²) in [4.78, 5) is 12.9. The van der Waals surface area contributed by atoms with Gasteiger partial charge in [0.1, 0.15) is 0 Å². The highest BCUT2D eigenvalue weighted by Gasteiger charge is 2.60. The molecule has 0 heterocycles. The first-order valence-corrected chi connectivity index (χ1v) is 9.02. The third-order valence-corrected chi connectivity index (χ3v) is 6.61. The van der Waals surface area contributed by atoms with E-state index in [4.69, 9.17) is 0 Å². The van der Waals surface area contributed by atoms with Gasteiger partial charge < -0.3 is 5.32 Å². The number of hydrogen-bond donors (Lipinski definition) is 1. The van der Waals surface area contributed by atoms with Crippen molar-refractivity contribution in [3.63, 3.8) is 0 Å². The number of aryl methyl sites for hydroxylation is 1. The Morgan fingerprint density at radius 1 is 1.22 bits per heavy atom. The van der Waals surface area contributed by atoms with Crippen LogP contribution in [-0.2, 0) is 10.2 Å². The Morgan fingerprint density at radius 3 is 2.48 bits per heavy atom. The molecule has 0 unspecified atom stereocenters. The van der Waals surface area contributed by atoms with E-state index >= 15 is 0 Å². The Kier molecular flexibility index (Phi) is 3.40. The molecule has 0 radical (unpaired) electrons. The Bertz CT molecular complexity index is 616. The second-order valence-corrected chi connectivity index (χ2v) is 8.39. The summed E-state index contributed by atoms with van der Waals surface area (Å²) in [6, 6.07) is 9.10. The summed E-state index contributed by atoms with van der Waals surface area (Å²) in [5, 5.41) is 3.11. The number of carbonyl (C=O) groups is 1. The zero-order valence-corrected chi connectivity index (χ0v) is 14.1. The fraction of sp³-hybridized carbons (Fsp3) is 0.571. The molecular weight excluding hydrogens is 282 g/mol. The summed E-state index contributed by atoms with van der Waals surface area (Å²) < 4.78 is 0. The van der Waals surface area contributed by atoms with Crippen LogP contribution in [-0.4, -0.2) is 12.5 Å². The first-order chi connectivity index (χ1) is 11.1. The molecule has 23 heavy (non-hydrogen) atoms. The molecule has 4 saturated carbocycles. The van der Waals surface area contributed by atoms with Crippen molar-refractivity contribution >= 4 is 5.91 Å². The van der Waals surface area contributed by atoms with E-state index < -0.39 is 0 Å². The van der Waals surface area contributed by atoms with Crippen LogP contribution in [0.25, 0.3) is 0 Å². The van der Waals surface area contributed by atoms with Crippen molar-refractivity contribution in [1.29, 1.82) is 0 Å². The maximum atomic E-state index is 12.9. The standard InChI is InChI=1S/C21H27NO/c1-3-8-22-19(23)21-12-16-9-17(13-21)11-20(10-16,14-21)18-6-4-15(2)5-7-18/h3-7,16-17H,1,8-14H2,2H3,(H,22,23)/t16-,17-,20?,21?/m0/s1. The number of carbonyl (C=O) groups excluding carboxylic acids is 1. The molecule has 1 amide bonds. The van der Waals surface area contributed by atoms with Gasteiger partial charge in [-0.15, -0.1) is 6.58 Å². The Morgan fingerprint density at radius 2 is 1.87 bits per heavy atom. The van der Waals surface area contributed by atoms with Gasteiger partial charge in [-0.1, -0.05) is 35.9 Å². The molecule has 122 valence electrons. The molecule has 2 heteroatoms. The maximum absolute atomic E-state index is 12.9. The lowest BCUT2D eigenvalue weighted by Gasteiger charge is -2.61. The van der Waals surface area contributed by atoms with Gasteiger partial charge >= 0.3 is 0 Å². The minimum absolute atomic E-state index is 0.127. The third kappa shape index (κ3) is 2.34. The van der Waals surface area contributed by atoms with Gasteiger partial charge in [0.05, 0.1) is 5.41 Å². The van der Waals surface area contributed by atoms with Gasteiger partial charge in [0.25, 0.3) is 0 Å². The molecular formula is C21H27NO. The van der Waals surface area contributed by atoms with E-state index in [-0.39, 0.29) is 16.7 Å². The van der Waals surface area contributed by atoms with Crippen LogP contribution in [0.1, 0.15) is 49.7 Å². The van der Waals surface area contributed by atoms with Crippen molar-refractivity contribution in [2.45, 2.75) is 50.9 Å². The van der Waals surface area contributed by atoms with E-state index in [2.05, 4.69) is 43.1 Å². The number of nitrogens with one attached hydrogen (secondary N) is 1. The molecule has 5 rings (SSSR count). The molecule has 0 aromatic heterocycles. The molecule has 2 nitrogen and oxygen atoms in total. The number of benzene rings is 1. The van der Waals surface area contributed by atoms with E-state index in [9.17, 15) is 4.79 Å². The summed E-state index contributed by atoms with van der Waals surface area (Å²) in [7, 11) is 0. The van der Waals surface area contributed by atoms with Crippen LogP contribution in [0.3, 0.4) is 0 Å². The van der Waals surface area contributed by atoms with E-state index in [1.807, 2.05) is 0 Å². The van der Waals surface area contributed by atoms with Gasteiger partial charge in [0, 0.05) is 6.54 Å². The quantitative estimate of drug-likeness (QED) is 0.832. The lowest BCUT2D eigenvalue weighted by molar-refractivity contribution is -0.148. The van der Waals surface area contributed by atoms with Crippen LogP contribution in [0, 0.1) is 24.2 Å². The molecule has 4 aliphatic rings. The van der Waals surface area contributed by atoms with E-state index in [0.717, 1.165) is 31.1 Å². The van der Waals surface area contributed by atoms with Crippen LogP contribution in [0.15, 0.2) is 36.9 Å². The topological polar surface area (TPSA) is 29.1 Å². The highest BCUT2D eigenvalue weighted by Crippen LogP contribution is 2.65. The maximum Gasteiger partial charge on any atom is 0.226 e. The minimum Gasteiger partial charge on any atom is -0.352 e. The predicted octanol–water partition coefficient (Wildman–Crippen LogP) is 4.14. The molecule has 4 aliphatic carbocycles. The van der Waals surface area contributed by atoms with E-state index in [0.29, 0.717) is 6.54 Å². The first-order valence-electron chi connectivity index (χ1n) is 9.02. The zero-order valence-electron chi connectivity index (χ0n) is 14.1. The van der Waals surface area contributed by atoms with Gasteiger partial charge in [-0.05, 0) is 68.3 Å². The summed E-state index contributed by atoms with van der Waals surface area (Å²) in [5.41, 5.74) is 2.90. The molecule has 1 N–H and O–H groups in total. The Hall–Kier alpha value is -1.57. The minimum atomic E-state index is -0.127. The zero-order chi connectivity index (χ0) is 16.1. The van der Waals surface area contributed by atoms with E-state index in [1.54, 1.807) is 6.08 Å². The van der Waals surface area contributed by atoms with Crippen LogP contribution in [0.2, 0.25) is 0 Å². The van der Waals surface area contributed by atoms with Crippen LogP contribution >= 0.6 is 0 Å². The van der Waals surface area contributed by atoms with Crippen molar-refractivity contribution in [1.82, 2.24) is 5.32 Å². The van der Waals surface area contributed by atoms with Gasteiger partial charge in [0.2, 0.25) is 5.91 Å². The van der Waals surface area contributed by atoms with Crippen LogP contribution < -0.4 is 5.32 Å².